The van der Waals surface area contributed by atoms with Crippen LogP contribution >= 0.6 is 11.8 Å². The molecule has 1 rings (SSSR count). The molecule has 1 heterocycles. The average Bonchev–Trinajstić information content (AvgIpc) is 2.34. The smallest absolute Gasteiger partial charge is 0.319 e. The van der Waals surface area contributed by atoms with Crippen LogP contribution in [-0.4, -0.2) is 18.3 Å². The molecule has 0 aromatic carbocycles. The number of carbonyl (C=O) groups is 1. The summed E-state index contributed by atoms with van der Waals surface area (Å²) >= 11 is 1.36. The number of methoxy groups -OCH3 is 1. The van der Waals surface area contributed by atoms with Gasteiger partial charge in [0, 0.05) is 0 Å². The van der Waals surface area contributed by atoms with Crippen LogP contribution in [0.15, 0.2) is 11.1 Å². The monoisotopic (exact) mass is 159 g/mol. The van der Waals surface area contributed by atoms with Crippen molar-refractivity contribution in [1.29, 1.82) is 0 Å². The van der Waals surface area contributed by atoms with Crippen molar-refractivity contribution < 1.29 is 9.53 Å². The lowest BCUT2D eigenvalue weighted by Crippen LogP contribution is -2.15. The summed E-state index contributed by atoms with van der Waals surface area (Å²) in [5.74, 6) is -0.193. The Hall–Kier alpha value is -0.640. The van der Waals surface area contributed by atoms with Gasteiger partial charge in [-0.15, -0.1) is 0 Å². The molecule has 4 heteroatoms. The number of thioether (sulfide) groups is 1. The first-order valence-electron chi connectivity index (χ1n) is 2.94. The van der Waals surface area contributed by atoms with Crippen molar-refractivity contribution in [3.63, 3.8) is 0 Å². The van der Waals surface area contributed by atoms with Crippen molar-refractivity contribution in [2.24, 2.45) is 5.73 Å². The van der Waals surface area contributed by atoms with E-state index in [1.54, 1.807) is 0 Å². The van der Waals surface area contributed by atoms with Crippen LogP contribution in [0.5, 0.6) is 0 Å². The van der Waals surface area contributed by atoms with Crippen LogP contribution in [0.25, 0.3) is 0 Å². The Balaban J connectivity index is 2.42. The SMILES string of the molecule is COC(=O)C1CC=C(N)S1. The molecule has 0 aromatic rings. The molecular weight excluding hydrogens is 150 g/mol. The number of allylic oxidation sites excluding steroid dienone is 1. The summed E-state index contributed by atoms with van der Waals surface area (Å²) < 4.78 is 4.53. The van der Waals surface area contributed by atoms with Crippen molar-refractivity contribution >= 4 is 17.7 Å². The van der Waals surface area contributed by atoms with E-state index < -0.39 is 0 Å². The van der Waals surface area contributed by atoms with Gasteiger partial charge in [-0.3, -0.25) is 4.79 Å². The van der Waals surface area contributed by atoms with Gasteiger partial charge < -0.3 is 10.5 Å². The molecule has 1 aliphatic rings. The number of ether oxygens (including phenoxy) is 1. The van der Waals surface area contributed by atoms with Gasteiger partial charge in [-0.05, 0) is 6.42 Å². The van der Waals surface area contributed by atoms with E-state index in [1.165, 1.54) is 18.9 Å². The molecule has 0 amide bonds. The average molecular weight is 159 g/mol. The fraction of sp³-hybridized carbons (Fsp3) is 0.500. The van der Waals surface area contributed by atoms with Gasteiger partial charge in [-0.1, -0.05) is 17.8 Å². The highest BCUT2D eigenvalue weighted by molar-refractivity contribution is 8.04. The number of nitrogens with two attached hydrogens (primary N) is 1. The van der Waals surface area contributed by atoms with Crippen molar-refractivity contribution in [2.75, 3.05) is 7.11 Å². The summed E-state index contributed by atoms with van der Waals surface area (Å²) in [4.78, 5) is 10.8. The van der Waals surface area contributed by atoms with Crippen LogP contribution in [0.1, 0.15) is 6.42 Å². The highest BCUT2D eigenvalue weighted by Gasteiger charge is 2.23. The Kier molecular flexibility index (Phi) is 2.21. The second-order valence-electron chi connectivity index (χ2n) is 1.97. The molecule has 1 aliphatic heterocycles. The molecule has 3 nitrogen and oxygen atoms in total. The number of hydrogen-bond acceptors (Lipinski definition) is 4. The molecule has 10 heavy (non-hydrogen) atoms. The largest absolute Gasteiger partial charge is 0.468 e. The molecule has 0 aliphatic carbocycles. The summed E-state index contributed by atoms with van der Waals surface area (Å²) in [5.41, 5.74) is 5.43. The minimum atomic E-state index is -0.193. The van der Waals surface area contributed by atoms with E-state index in [2.05, 4.69) is 4.74 Å². The normalized spacial score (nSPS) is 24.1. The zero-order valence-corrected chi connectivity index (χ0v) is 6.48. The van der Waals surface area contributed by atoms with E-state index in [-0.39, 0.29) is 11.2 Å². The van der Waals surface area contributed by atoms with Crippen LogP contribution in [0, 0.1) is 0 Å². The number of esters is 1. The molecule has 0 bridgehead atoms. The van der Waals surface area contributed by atoms with Gasteiger partial charge in [0.05, 0.1) is 12.1 Å². The fourth-order valence-corrected chi connectivity index (χ4v) is 1.67. The quantitative estimate of drug-likeness (QED) is 0.565. The highest BCUT2D eigenvalue weighted by atomic mass is 32.2. The summed E-state index contributed by atoms with van der Waals surface area (Å²) in [6, 6.07) is 0. The lowest BCUT2D eigenvalue weighted by Gasteiger charge is -2.04. The number of hydrogen-bond donors (Lipinski definition) is 1. The maximum Gasteiger partial charge on any atom is 0.319 e. The Labute approximate surface area is 63.6 Å². The van der Waals surface area contributed by atoms with Gasteiger partial charge in [0.1, 0.15) is 5.25 Å². The summed E-state index contributed by atoms with van der Waals surface area (Å²) in [6.07, 6.45) is 2.54. The molecule has 1 atom stereocenters. The van der Waals surface area contributed by atoms with Crippen molar-refractivity contribution in [3.05, 3.63) is 11.1 Å². The van der Waals surface area contributed by atoms with Crippen LogP contribution < -0.4 is 5.73 Å². The summed E-state index contributed by atoms with van der Waals surface area (Å²) in [7, 11) is 1.39. The Morgan fingerprint density at radius 1 is 2.00 bits per heavy atom. The van der Waals surface area contributed by atoms with E-state index in [0.29, 0.717) is 6.42 Å². The third-order valence-electron chi connectivity index (χ3n) is 1.28. The molecule has 1 unspecified atom stereocenters. The molecular formula is C6H9NO2S. The van der Waals surface area contributed by atoms with Crippen LogP contribution in [0.2, 0.25) is 0 Å². The molecule has 0 radical (unpaired) electrons. The van der Waals surface area contributed by atoms with Crippen LogP contribution in [0.4, 0.5) is 0 Å². The van der Waals surface area contributed by atoms with Crippen LogP contribution in [0.3, 0.4) is 0 Å². The zero-order valence-electron chi connectivity index (χ0n) is 5.66. The Morgan fingerprint density at radius 3 is 3.10 bits per heavy atom. The lowest BCUT2D eigenvalue weighted by molar-refractivity contribution is -0.139. The first kappa shape index (κ1) is 7.47. The van der Waals surface area contributed by atoms with E-state index in [9.17, 15) is 4.79 Å². The van der Waals surface area contributed by atoms with Crippen molar-refractivity contribution in [2.45, 2.75) is 11.7 Å². The number of rotatable bonds is 1. The Bertz CT molecular complexity index is 179. The highest BCUT2D eigenvalue weighted by Crippen LogP contribution is 2.28. The minimum absolute atomic E-state index is 0.106. The summed E-state index contributed by atoms with van der Waals surface area (Å²) in [5, 5.41) is 0.611. The molecule has 0 saturated carbocycles. The minimum Gasteiger partial charge on any atom is -0.468 e. The molecule has 0 spiro atoms. The molecule has 0 fully saturated rings. The van der Waals surface area contributed by atoms with Gasteiger partial charge >= 0.3 is 5.97 Å². The summed E-state index contributed by atoms with van der Waals surface area (Å²) in [6.45, 7) is 0. The molecule has 2 N–H and O–H groups in total. The van der Waals surface area contributed by atoms with E-state index in [0.717, 1.165) is 5.03 Å². The predicted molar refractivity (Wildman–Crippen MR) is 40.3 cm³/mol. The Morgan fingerprint density at radius 2 is 2.70 bits per heavy atom. The second kappa shape index (κ2) is 2.96. The van der Waals surface area contributed by atoms with Gasteiger partial charge in [0.2, 0.25) is 0 Å². The topological polar surface area (TPSA) is 52.3 Å². The van der Waals surface area contributed by atoms with E-state index in [4.69, 9.17) is 5.73 Å². The van der Waals surface area contributed by atoms with Gasteiger partial charge in [-0.25, -0.2) is 0 Å². The first-order valence-corrected chi connectivity index (χ1v) is 3.82. The van der Waals surface area contributed by atoms with Gasteiger partial charge in [0.15, 0.2) is 0 Å². The van der Waals surface area contributed by atoms with Gasteiger partial charge in [-0.2, -0.15) is 0 Å². The lowest BCUT2D eigenvalue weighted by atomic mass is 10.3. The molecule has 0 saturated heterocycles. The first-order chi connectivity index (χ1) is 4.74. The molecule has 56 valence electrons. The van der Waals surface area contributed by atoms with E-state index in [1.807, 2.05) is 6.08 Å². The standard InChI is InChI=1S/C6H9NO2S/c1-9-6(8)4-2-3-5(7)10-4/h3-4H,2,7H2,1H3. The maximum absolute atomic E-state index is 10.8. The second-order valence-corrected chi connectivity index (χ2v) is 3.25. The zero-order chi connectivity index (χ0) is 7.56. The maximum atomic E-state index is 10.8. The fourth-order valence-electron chi connectivity index (χ4n) is 0.759. The number of carbonyl (C=O) groups excluding carboxylic acids is 1. The third-order valence-corrected chi connectivity index (χ3v) is 2.38. The van der Waals surface area contributed by atoms with Crippen molar-refractivity contribution in [3.8, 4) is 0 Å². The van der Waals surface area contributed by atoms with Crippen molar-refractivity contribution in [1.82, 2.24) is 0 Å². The van der Waals surface area contributed by atoms with Gasteiger partial charge in [0.25, 0.3) is 0 Å². The third kappa shape index (κ3) is 1.44. The molecule has 0 aromatic heterocycles. The predicted octanol–water partition coefficient (Wildman–Crippen LogP) is 0.465. The van der Waals surface area contributed by atoms with E-state index >= 15 is 0 Å². The van der Waals surface area contributed by atoms with Crippen LogP contribution in [-0.2, 0) is 9.53 Å².